The van der Waals surface area contributed by atoms with E-state index in [0.29, 0.717) is 30.0 Å². The molecule has 1 aromatic heterocycles. The van der Waals surface area contributed by atoms with Crippen molar-refractivity contribution in [3.8, 4) is 0 Å². The molecule has 8 heteroatoms. The molecule has 0 saturated carbocycles. The van der Waals surface area contributed by atoms with Gasteiger partial charge in [-0.15, -0.1) is 0 Å². The second kappa shape index (κ2) is 6.62. The predicted molar refractivity (Wildman–Crippen MR) is 71.4 cm³/mol. The molecule has 0 saturated heterocycles. The second-order valence-electron chi connectivity index (χ2n) is 4.05. The number of hydrazone groups is 1. The van der Waals surface area contributed by atoms with Crippen LogP contribution >= 0.6 is 0 Å². The average molecular weight is 278 g/mol. The molecule has 0 atom stereocenters. The van der Waals surface area contributed by atoms with Crippen LogP contribution in [0.25, 0.3) is 0 Å². The minimum Gasteiger partial charge on any atom is -0.490 e. The summed E-state index contributed by atoms with van der Waals surface area (Å²) in [5, 5.41) is 3.45. The molecule has 2 rings (SSSR count). The maximum Gasteiger partial charge on any atom is 0.169 e. The van der Waals surface area contributed by atoms with E-state index in [4.69, 9.17) is 16.4 Å². The molecule has 1 aromatic rings. The van der Waals surface area contributed by atoms with Crippen molar-refractivity contribution in [1.82, 2.24) is 15.4 Å². The summed E-state index contributed by atoms with van der Waals surface area (Å²) in [6, 6.07) is 0. The van der Waals surface area contributed by atoms with Gasteiger partial charge in [0.05, 0.1) is 11.3 Å². The number of halogens is 1. The van der Waals surface area contributed by atoms with Crippen LogP contribution in [-0.4, -0.2) is 15.8 Å². The number of hydrogen-bond acceptors (Lipinski definition) is 6. The number of aromatic nitrogens is 2. The zero-order chi connectivity index (χ0) is 14.4. The summed E-state index contributed by atoms with van der Waals surface area (Å²) in [4.78, 5) is 8.22. The fourth-order valence-corrected chi connectivity index (χ4v) is 1.62. The van der Waals surface area contributed by atoms with E-state index in [1.54, 1.807) is 6.08 Å². The SMILES string of the molecule is N/N=C(\NN)c1cnc(COC2=CC=C(F)CC2)nc1. The second-order valence-corrected chi connectivity index (χ2v) is 4.05. The molecule has 0 aliphatic heterocycles. The molecule has 0 unspecified atom stereocenters. The number of nitrogens with two attached hydrogens (primary N) is 2. The van der Waals surface area contributed by atoms with Crippen molar-refractivity contribution < 1.29 is 9.13 Å². The van der Waals surface area contributed by atoms with Gasteiger partial charge in [0.25, 0.3) is 0 Å². The third-order valence-electron chi connectivity index (χ3n) is 2.69. The lowest BCUT2D eigenvalue weighted by Gasteiger charge is -2.12. The number of allylic oxidation sites excluding steroid dienone is 4. The highest BCUT2D eigenvalue weighted by Crippen LogP contribution is 2.20. The fraction of sp³-hybridized carbons (Fsp3) is 0.250. The zero-order valence-corrected chi connectivity index (χ0v) is 10.7. The van der Waals surface area contributed by atoms with Gasteiger partial charge in [0, 0.05) is 25.2 Å². The van der Waals surface area contributed by atoms with Crippen molar-refractivity contribution in [2.24, 2.45) is 16.8 Å². The van der Waals surface area contributed by atoms with Crippen LogP contribution in [0, 0.1) is 0 Å². The molecule has 0 fully saturated rings. The molecule has 7 nitrogen and oxygen atoms in total. The zero-order valence-electron chi connectivity index (χ0n) is 10.7. The van der Waals surface area contributed by atoms with E-state index in [1.807, 2.05) is 0 Å². The molecule has 0 aromatic carbocycles. The van der Waals surface area contributed by atoms with E-state index < -0.39 is 0 Å². The monoisotopic (exact) mass is 278 g/mol. The van der Waals surface area contributed by atoms with Gasteiger partial charge in [0.2, 0.25) is 0 Å². The van der Waals surface area contributed by atoms with Gasteiger partial charge in [0.1, 0.15) is 12.4 Å². The Morgan fingerprint density at radius 3 is 2.65 bits per heavy atom. The smallest absolute Gasteiger partial charge is 0.169 e. The summed E-state index contributed by atoms with van der Waals surface area (Å²) in [5.74, 6) is 11.7. The third kappa shape index (κ3) is 3.51. The molecule has 1 heterocycles. The van der Waals surface area contributed by atoms with E-state index >= 15 is 0 Å². The van der Waals surface area contributed by atoms with Gasteiger partial charge in [-0.25, -0.2) is 20.2 Å². The molecular weight excluding hydrogens is 263 g/mol. The minimum atomic E-state index is -0.138. The van der Waals surface area contributed by atoms with Crippen LogP contribution in [-0.2, 0) is 11.3 Å². The number of ether oxygens (including phenoxy) is 1. The number of nitrogens with one attached hydrogen (secondary N) is 1. The van der Waals surface area contributed by atoms with Gasteiger partial charge in [-0.05, 0) is 12.2 Å². The van der Waals surface area contributed by atoms with Gasteiger partial charge in [-0.2, -0.15) is 5.10 Å². The van der Waals surface area contributed by atoms with Crippen LogP contribution in [0.5, 0.6) is 0 Å². The summed E-state index contributed by atoms with van der Waals surface area (Å²) < 4.78 is 18.3. The Morgan fingerprint density at radius 1 is 1.35 bits per heavy atom. The summed E-state index contributed by atoms with van der Waals surface area (Å²) >= 11 is 0. The molecular formula is C12H15FN6O. The topological polar surface area (TPSA) is 111 Å². The number of amidine groups is 1. The maximum absolute atomic E-state index is 12.8. The first-order valence-electron chi connectivity index (χ1n) is 5.96. The first-order chi connectivity index (χ1) is 9.72. The van der Waals surface area contributed by atoms with Crippen LogP contribution in [0.2, 0.25) is 0 Å². The molecule has 1 aliphatic rings. The first-order valence-corrected chi connectivity index (χ1v) is 5.96. The minimum absolute atomic E-state index is 0.138. The summed E-state index contributed by atoms with van der Waals surface area (Å²) in [5.41, 5.74) is 2.91. The molecule has 20 heavy (non-hydrogen) atoms. The number of rotatable bonds is 4. The van der Waals surface area contributed by atoms with Gasteiger partial charge in [-0.1, -0.05) is 0 Å². The van der Waals surface area contributed by atoms with E-state index in [-0.39, 0.29) is 18.3 Å². The van der Waals surface area contributed by atoms with Crippen LogP contribution in [0.4, 0.5) is 4.39 Å². The summed E-state index contributed by atoms with van der Waals surface area (Å²) in [6.45, 7) is 0.215. The molecule has 5 N–H and O–H groups in total. The molecule has 0 amide bonds. The van der Waals surface area contributed by atoms with E-state index in [1.165, 1.54) is 18.5 Å². The van der Waals surface area contributed by atoms with Crippen LogP contribution in [0.1, 0.15) is 24.2 Å². The molecule has 0 bridgehead atoms. The number of hydrazine groups is 1. The lowest BCUT2D eigenvalue weighted by molar-refractivity contribution is 0.179. The predicted octanol–water partition coefficient (Wildman–Crippen LogP) is 0.608. The Bertz CT molecular complexity index is 552. The number of hydrogen-bond donors (Lipinski definition) is 3. The average Bonchev–Trinajstić information content (AvgIpc) is 2.49. The van der Waals surface area contributed by atoms with Gasteiger partial charge in [-0.3, -0.25) is 0 Å². The highest BCUT2D eigenvalue weighted by atomic mass is 19.1. The van der Waals surface area contributed by atoms with Crippen molar-refractivity contribution in [3.63, 3.8) is 0 Å². The number of nitrogens with zero attached hydrogens (tertiary/aromatic N) is 3. The van der Waals surface area contributed by atoms with Crippen LogP contribution in [0.15, 0.2) is 41.2 Å². The quantitative estimate of drug-likeness (QED) is 0.322. The van der Waals surface area contributed by atoms with Gasteiger partial charge in [0.15, 0.2) is 11.7 Å². The highest BCUT2D eigenvalue weighted by molar-refractivity contribution is 5.97. The van der Waals surface area contributed by atoms with Crippen molar-refractivity contribution in [3.05, 3.63) is 47.5 Å². The Morgan fingerprint density at radius 2 is 2.10 bits per heavy atom. The van der Waals surface area contributed by atoms with Crippen molar-refractivity contribution >= 4 is 5.84 Å². The summed E-state index contributed by atoms with van der Waals surface area (Å²) in [6.07, 6.45) is 6.99. The van der Waals surface area contributed by atoms with E-state index in [0.717, 1.165) is 0 Å². The Kier molecular flexibility index (Phi) is 4.61. The molecule has 106 valence electrons. The standard InChI is InChI=1S/C12H15FN6O/c13-9-1-3-10(4-2-9)20-7-11-16-5-8(6-17-11)12(18-14)19-15/h1,3,5-6H,2,4,7,14-15H2,(H,18,19). The van der Waals surface area contributed by atoms with Crippen molar-refractivity contribution in [1.29, 1.82) is 0 Å². The van der Waals surface area contributed by atoms with Gasteiger partial charge >= 0.3 is 0 Å². The first kappa shape index (κ1) is 13.9. The normalized spacial score (nSPS) is 15.4. The van der Waals surface area contributed by atoms with Gasteiger partial charge < -0.3 is 16.0 Å². The lowest BCUT2D eigenvalue weighted by Crippen LogP contribution is -2.32. The van der Waals surface area contributed by atoms with E-state index in [9.17, 15) is 4.39 Å². The Balaban J connectivity index is 1.95. The maximum atomic E-state index is 12.8. The van der Waals surface area contributed by atoms with Crippen LogP contribution in [0.3, 0.4) is 0 Å². The van der Waals surface area contributed by atoms with Crippen LogP contribution < -0.4 is 17.1 Å². The fourth-order valence-electron chi connectivity index (χ4n) is 1.62. The lowest BCUT2D eigenvalue weighted by atomic mass is 10.1. The third-order valence-corrected chi connectivity index (χ3v) is 2.69. The largest absolute Gasteiger partial charge is 0.490 e. The Hall–Kier alpha value is -2.48. The molecule has 1 aliphatic carbocycles. The molecule has 0 spiro atoms. The van der Waals surface area contributed by atoms with Crippen molar-refractivity contribution in [2.45, 2.75) is 19.4 Å². The Labute approximate surface area is 115 Å². The van der Waals surface area contributed by atoms with E-state index in [2.05, 4.69) is 20.5 Å². The summed E-state index contributed by atoms with van der Waals surface area (Å²) in [7, 11) is 0. The highest BCUT2D eigenvalue weighted by Gasteiger charge is 2.08. The van der Waals surface area contributed by atoms with Crippen molar-refractivity contribution in [2.75, 3.05) is 0 Å². The molecule has 0 radical (unpaired) electrons.